The van der Waals surface area contributed by atoms with Gasteiger partial charge in [0, 0.05) is 31.3 Å². The van der Waals surface area contributed by atoms with E-state index in [1.54, 1.807) is 17.7 Å². The van der Waals surface area contributed by atoms with E-state index in [1.165, 1.54) is 0 Å². The summed E-state index contributed by atoms with van der Waals surface area (Å²) in [6, 6.07) is 2.31. The van der Waals surface area contributed by atoms with Crippen LogP contribution in [0.15, 0.2) is 24.0 Å². The lowest BCUT2D eigenvalue weighted by atomic mass is 10.1. The van der Waals surface area contributed by atoms with Crippen molar-refractivity contribution in [1.82, 2.24) is 15.0 Å². The minimum Gasteiger partial charge on any atom is -0.379 e. The van der Waals surface area contributed by atoms with Crippen molar-refractivity contribution >= 4 is 23.0 Å². The molecular formula is C14H19N5OS. The molecule has 7 heteroatoms. The van der Waals surface area contributed by atoms with Crippen molar-refractivity contribution in [2.75, 3.05) is 30.5 Å². The van der Waals surface area contributed by atoms with Gasteiger partial charge in [-0.25, -0.2) is 15.0 Å². The number of thiazole rings is 1. The monoisotopic (exact) mass is 305 g/mol. The zero-order valence-electron chi connectivity index (χ0n) is 12.0. The maximum absolute atomic E-state index is 5.48. The molecule has 112 valence electrons. The summed E-state index contributed by atoms with van der Waals surface area (Å²) in [5.74, 6) is 1.74. The van der Waals surface area contributed by atoms with Crippen LogP contribution < -0.4 is 10.2 Å². The van der Waals surface area contributed by atoms with Crippen molar-refractivity contribution in [3.8, 4) is 0 Å². The Morgan fingerprint density at radius 3 is 3.14 bits per heavy atom. The third-order valence-electron chi connectivity index (χ3n) is 3.41. The molecule has 0 aliphatic carbocycles. The number of hydrogen-bond donors (Lipinski definition) is 1. The fraction of sp³-hybridized carbons (Fsp3) is 0.500. The first-order valence-corrected chi connectivity index (χ1v) is 7.95. The summed E-state index contributed by atoms with van der Waals surface area (Å²) in [4.78, 5) is 15.0. The Bertz CT molecular complexity index is 556. The van der Waals surface area contributed by atoms with Gasteiger partial charge in [-0.3, -0.25) is 0 Å². The molecule has 1 N–H and O–H groups in total. The molecule has 21 heavy (non-hydrogen) atoms. The maximum Gasteiger partial charge on any atom is 0.134 e. The van der Waals surface area contributed by atoms with E-state index >= 15 is 0 Å². The third-order valence-corrected chi connectivity index (χ3v) is 4.18. The van der Waals surface area contributed by atoms with E-state index in [1.807, 2.05) is 24.7 Å². The molecular weight excluding hydrogens is 286 g/mol. The highest BCUT2D eigenvalue weighted by Crippen LogP contribution is 2.18. The van der Waals surface area contributed by atoms with Gasteiger partial charge < -0.3 is 15.0 Å². The number of ether oxygens (including phenoxy) is 1. The molecule has 1 aliphatic rings. The Balaban J connectivity index is 1.64. The molecule has 0 radical (unpaired) electrons. The highest BCUT2D eigenvalue weighted by atomic mass is 32.1. The van der Waals surface area contributed by atoms with Crippen LogP contribution in [0.5, 0.6) is 0 Å². The first kappa shape index (κ1) is 14.2. The standard InChI is InChI=1S/C14H19N5OS/c1-19(8-14-15-4-6-21-14)13-7-12(16-10-17-13)18-11-3-2-5-20-9-11/h4,6-7,10-11H,2-3,5,8-9H2,1H3,(H,16,17,18)/t11-/m0/s1. The molecule has 3 rings (SSSR count). The van der Waals surface area contributed by atoms with Crippen LogP contribution in [0.4, 0.5) is 11.6 Å². The summed E-state index contributed by atoms with van der Waals surface area (Å²) in [6.45, 7) is 2.36. The smallest absolute Gasteiger partial charge is 0.134 e. The largest absolute Gasteiger partial charge is 0.379 e. The first-order valence-electron chi connectivity index (χ1n) is 7.07. The van der Waals surface area contributed by atoms with Gasteiger partial charge in [-0.1, -0.05) is 0 Å². The second kappa shape index (κ2) is 6.82. The lowest BCUT2D eigenvalue weighted by Gasteiger charge is -2.24. The van der Waals surface area contributed by atoms with Crippen LogP contribution >= 0.6 is 11.3 Å². The lowest BCUT2D eigenvalue weighted by molar-refractivity contribution is 0.0875. The SMILES string of the molecule is CN(Cc1nccs1)c1cc(N[C@H]2CCCOC2)ncn1. The molecule has 3 heterocycles. The molecule has 6 nitrogen and oxygen atoms in total. The van der Waals surface area contributed by atoms with E-state index in [0.29, 0.717) is 6.04 Å². The molecule has 0 saturated carbocycles. The van der Waals surface area contributed by atoms with Crippen LogP contribution in [0.25, 0.3) is 0 Å². The molecule has 1 atom stereocenters. The van der Waals surface area contributed by atoms with Crippen LogP contribution in [0.2, 0.25) is 0 Å². The minimum atomic E-state index is 0.339. The van der Waals surface area contributed by atoms with Crippen LogP contribution in [0, 0.1) is 0 Å². The number of nitrogens with one attached hydrogen (secondary N) is 1. The predicted molar refractivity (Wildman–Crippen MR) is 83.7 cm³/mol. The topological polar surface area (TPSA) is 63.2 Å². The lowest BCUT2D eigenvalue weighted by Crippen LogP contribution is -2.30. The van der Waals surface area contributed by atoms with Crippen molar-refractivity contribution in [2.24, 2.45) is 0 Å². The van der Waals surface area contributed by atoms with E-state index in [2.05, 4.69) is 25.2 Å². The van der Waals surface area contributed by atoms with E-state index < -0.39 is 0 Å². The molecule has 0 amide bonds. The summed E-state index contributed by atoms with van der Waals surface area (Å²) >= 11 is 1.65. The molecule has 2 aromatic rings. The number of aromatic nitrogens is 3. The Hall–Kier alpha value is -1.73. The average Bonchev–Trinajstić information content (AvgIpc) is 3.01. The fourth-order valence-electron chi connectivity index (χ4n) is 2.31. The number of hydrogen-bond acceptors (Lipinski definition) is 7. The summed E-state index contributed by atoms with van der Waals surface area (Å²) < 4.78 is 5.48. The van der Waals surface area contributed by atoms with E-state index in [0.717, 1.165) is 49.2 Å². The maximum atomic E-state index is 5.48. The Labute approximate surface area is 128 Å². The van der Waals surface area contributed by atoms with Gasteiger partial charge in [0.2, 0.25) is 0 Å². The summed E-state index contributed by atoms with van der Waals surface area (Å²) in [5.41, 5.74) is 0. The van der Waals surface area contributed by atoms with E-state index in [4.69, 9.17) is 4.74 Å². The van der Waals surface area contributed by atoms with Crippen molar-refractivity contribution in [1.29, 1.82) is 0 Å². The van der Waals surface area contributed by atoms with Crippen LogP contribution in [0.3, 0.4) is 0 Å². The van der Waals surface area contributed by atoms with Crippen molar-refractivity contribution < 1.29 is 4.74 Å². The van der Waals surface area contributed by atoms with Gasteiger partial charge in [-0.2, -0.15) is 0 Å². The molecule has 0 spiro atoms. The normalized spacial score (nSPS) is 18.4. The molecule has 1 aliphatic heterocycles. The Morgan fingerprint density at radius 2 is 2.38 bits per heavy atom. The van der Waals surface area contributed by atoms with Crippen molar-refractivity contribution in [3.05, 3.63) is 29.0 Å². The highest BCUT2D eigenvalue weighted by molar-refractivity contribution is 7.09. The molecule has 1 saturated heterocycles. The minimum absolute atomic E-state index is 0.339. The van der Waals surface area contributed by atoms with Gasteiger partial charge in [-0.15, -0.1) is 11.3 Å². The van der Waals surface area contributed by atoms with Gasteiger partial charge in [-0.05, 0) is 12.8 Å². The second-order valence-corrected chi connectivity index (χ2v) is 6.08. The average molecular weight is 305 g/mol. The first-order chi connectivity index (χ1) is 10.3. The number of anilines is 2. The van der Waals surface area contributed by atoms with Crippen LogP contribution in [-0.2, 0) is 11.3 Å². The molecule has 1 fully saturated rings. The number of rotatable bonds is 5. The fourth-order valence-corrected chi connectivity index (χ4v) is 2.98. The molecule has 0 unspecified atom stereocenters. The Morgan fingerprint density at radius 1 is 1.43 bits per heavy atom. The third kappa shape index (κ3) is 3.89. The van der Waals surface area contributed by atoms with Gasteiger partial charge in [0.15, 0.2) is 0 Å². The summed E-state index contributed by atoms with van der Waals surface area (Å²) in [5, 5.41) is 6.48. The van der Waals surface area contributed by atoms with Gasteiger partial charge >= 0.3 is 0 Å². The Kier molecular flexibility index (Phi) is 4.62. The highest BCUT2D eigenvalue weighted by Gasteiger charge is 2.14. The second-order valence-electron chi connectivity index (χ2n) is 5.10. The van der Waals surface area contributed by atoms with Crippen LogP contribution in [0.1, 0.15) is 17.8 Å². The van der Waals surface area contributed by atoms with Crippen LogP contribution in [-0.4, -0.2) is 41.3 Å². The predicted octanol–water partition coefficient (Wildman–Crippen LogP) is 2.16. The zero-order valence-corrected chi connectivity index (χ0v) is 12.8. The molecule has 0 bridgehead atoms. The molecule has 0 aromatic carbocycles. The van der Waals surface area contributed by atoms with Gasteiger partial charge in [0.05, 0.1) is 19.2 Å². The summed E-state index contributed by atoms with van der Waals surface area (Å²) in [6.07, 6.45) is 5.64. The van der Waals surface area contributed by atoms with Gasteiger partial charge in [0.25, 0.3) is 0 Å². The van der Waals surface area contributed by atoms with Gasteiger partial charge in [0.1, 0.15) is 23.0 Å². The summed E-state index contributed by atoms with van der Waals surface area (Å²) in [7, 11) is 2.01. The quantitative estimate of drug-likeness (QED) is 0.913. The number of nitrogens with zero attached hydrogens (tertiary/aromatic N) is 4. The van der Waals surface area contributed by atoms with E-state index in [-0.39, 0.29) is 0 Å². The van der Waals surface area contributed by atoms with Crippen molar-refractivity contribution in [3.63, 3.8) is 0 Å². The zero-order chi connectivity index (χ0) is 14.5. The van der Waals surface area contributed by atoms with Crippen molar-refractivity contribution in [2.45, 2.75) is 25.4 Å². The molecule has 2 aromatic heterocycles. The van der Waals surface area contributed by atoms with E-state index in [9.17, 15) is 0 Å².